The van der Waals surface area contributed by atoms with Crippen molar-refractivity contribution < 1.29 is 27.8 Å². The molecule has 3 amide bonds. The molecule has 33 heavy (non-hydrogen) atoms. The number of hydrogen-bond acceptors (Lipinski definition) is 7. The maximum absolute atomic E-state index is 14.3. The first kappa shape index (κ1) is 24.6. The van der Waals surface area contributed by atoms with Gasteiger partial charge in [0.15, 0.2) is 11.6 Å². The Morgan fingerprint density at radius 1 is 1.30 bits per heavy atom. The Labute approximate surface area is 194 Å². The maximum atomic E-state index is 14.3. The summed E-state index contributed by atoms with van der Waals surface area (Å²) in [4.78, 5) is 26.5. The first-order valence-electron chi connectivity index (χ1n) is 10.5. The number of carbonyl (C=O) groups is 2. The number of rotatable bonds is 9. The highest BCUT2D eigenvalue weighted by molar-refractivity contribution is 7.11. The molecule has 2 aromatic rings. The molecule has 4 N–H and O–H groups in total. The van der Waals surface area contributed by atoms with E-state index in [1.807, 2.05) is 0 Å². The highest BCUT2D eigenvalue weighted by atomic mass is 32.1. The molecule has 0 radical (unpaired) electrons. The number of nitrogens with two attached hydrogens (primary N) is 1. The van der Waals surface area contributed by atoms with E-state index in [0.717, 1.165) is 56.0 Å². The molecule has 2 heterocycles. The number of benzene rings is 1. The Hall–Kier alpha value is -2.99. The summed E-state index contributed by atoms with van der Waals surface area (Å²) in [6, 6.07) is 1.68. The molecule has 0 bridgehead atoms. The summed E-state index contributed by atoms with van der Waals surface area (Å²) in [5, 5.41) is 5.39. The largest absolute Gasteiger partial charge is 0.494 e. The third-order valence-electron chi connectivity index (χ3n) is 5.53. The zero-order valence-electron chi connectivity index (χ0n) is 18.5. The van der Waals surface area contributed by atoms with Crippen LogP contribution in [0.25, 0.3) is 0 Å². The van der Waals surface area contributed by atoms with E-state index in [-0.39, 0.29) is 27.8 Å². The second-order valence-corrected chi connectivity index (χ2v) is 8.58. The van der Waals surface area contributed by atoms with E-state index in [4.69, 9.17) is 15.2 Å². The van der Waals surface area contributed by atoms with Gasteiger partial charge in [-0.1, -0.05) is 0 Å². The molecule has 180 valence electrons. The quantitative estimate of drug-likeness (QED) is 0.505. The first-order chi connectivity index (χ1) is 15.8. The van der Waals surface area contributed by atoms with Crippen molar-refractivity contribution in [2.24, 2.45) is 11.7 Å². The van der Waals surface area contributed by atoms with E-state index in [1.165, 1.54) is 7.11 Å². The minimum Gasteiger partial charge on any atom is -0.494 e. The monoisotopic (exact) mass is 483 g/mol. The predicted octanol–water partition coefficient (Wildman–Crippen LogP) is 2.96. The van der Waals surface area contributed by atoms with Crippen LogP contribution in [0.2, 0.25) is 0 Å². The maximum Gasteiger partial charge on any atom is 0.319 e. The molecule has 1 aromatic heterocycles. The molecule has 1 aliphatic rings. The van der Waals surface area contributed by atoms with Gasteiger partial charge in [0.1, 0.15) is 23.0 Å². The van der Waals surface area contributed by atoms with Crippen LogP contribution >= 0.6 is 11.5 Å². The molecule has 0 spiro atoms. The van der Waals surface area contributed by atoms with Crippen molar-refractivity contribution in [2.75, 3.05) is 39.1 Å². The number of carbonyl (C=O) groups excluding carboxylic acids is 2. The number of nitrogens with one attached hydrogen (secondary N) is 2. The second kappa shape index (κ2) is 11.2. The lowest BCUT2D eigenvalue weighted by Crippen LogP contribution is -2.34. The summed E-state index contributed by atoms with van der Waals surface area (Å²) in [6.07, 6.45) is 3.05. The van der Waals surface area contributed by atoms with Gasteiger partial charge in [-0.25, -0.2) is 13.6 Å². The van der Waals surface area contributed by atoms with E-state index < -0.39 is 30.2 Å². The van der Waals surface area contributed by atoms with Crippen LogP contribution in [0.1, 0.15) is 35.2 Å². The Morgan fingerprint density at radius 3 is 2.70 bits per heavy atom. The van der Waals surface area contributed by atoms with Crippen LogP contribution in [0.15, 0.2) is 12.1 Å². The zero-order valence-corrected chi connectivity index (χ0v) is 19.3. The summed E-state index contributed by atoms with van der Waals surface area (Å²) in [6.45, 7) is 2.03. The van der Waals surface area contributed by atoms with E-state index in [9.17, 15) is 18.4 Å². The standard InChI is InChI=1S/C21H27F2N5O4S/c1-28-9-6-12(7-10-28)5-8-25-21(30)26-20-16(18(24)29)19(27-33-20)32-11-13-14(22)3-4-15(31-2)17(13)23/h3-4,12H,5-11H2,1-2H3,(H2,24,29)(H2,25,26,30). The van der Waals surface area contributed by atoms with Crippen molar-refractivity contribution in [2.45, 2.75) is 25.9 Å². The summed E-state index contributed by atoms with van der Waals surface area (Å²) in [7, 11) is 3.35. The minimum atomic E-state index is -0.921. The molecule has 1 aliphatic heterocycles. The third-order valence-corrected chi connectivity index (χ3v) is 6.28. The number of anilines is 1. The summed E-state index contributed by atoms with van der Waals surface area (Å²) in [5.41, 5.74) is 4.86. The fourth-order valence-corrected chi connectivity index (χ4v) is 4.31. The van der Waals surface area contributed by atoms with Gasteiger partial charge >= 0.3 is 6.03 Å². The van der Waals surface area contributed by atoms with Crippen molar-refractivity contribution in [1.29, 1.82) is 0 Å². The first-order valence-corrected chi connectivity index (χ1v) is 11.2. The predicted molar refractivity (Wildman–Crippen MR) is 120 cm³/mol. The van der Waals surface area contributed by atoms with Gasteiger partial charge in [-0.2, -0.15) is 4.37 Å². The van der Waals surface area contributed by atoms with Gasteiger partial charge in [0.05, 0.1) is 12.7 Å². The van der Waals surface area contributed by atoms with Crippen molar-refractivity contribution in [3.63, 3.8) is 0 Å². The van der Waals surface area contributed by atoms with Crippen LogP contribution in [-0.2, 0) is 6.61 Å². The fourth-order valence-electron chi connectivity index (χ4n) is 3.57. The Balaban J connectivity index is 1.59. The van der Waals surface area contributed by atoms with E-state index in [2.05, 4.69) is 27.0 Å². The van der Waals surface area contributed by atoms with E-state index in [0.29, 0.717) is 12.5 Å². The number of urea groups is 1. The summed E-state index contributed by atoms with van der Waals surface area (Å²) in [5.74, 6) is -2.48. The molecule has 0 unspecified atom stereocenters. The number of nitrogens with zero attached hydrogens (tertiary/aromatic N) is 2. The normalized spacial score (nSPS) is 14.7. The Morgan fingerprint density at radius 2 is 2.03 bits per heavy atom. The number of amides is 3. The number of likely N-dealkylation sites (tertiary alicyclic amines) is 1. The number of halogens is 2. The average Bonchev–Trinajstić information content (AvgIpc) is 3.17. The molecular formula is C21H27F2N5O4S. The topological polar surface area (TPSA) is 119 Å². The number of aromatic nitrogens is 1. The molecule has 0 aliphatic carbocycles. The Kier molecular flexibility index (Phi) is 8.39. The number of methoxy groups -OCH3 is 1. The van der Waals surface area contributed by atoms with Crippen LogP contribution in [0, 0.1) is 17.6 Å². The summed E-state index contributed by atoms with van der Waals surface area (Å²) >= 11 is 0.780. The summed E-state index contributed by atoms with van der Waals surface area (Å²) < 4.78 is 42.5. The fraction of sp³-hybridized carbons (Fsp3) is 0.476. The smallest absolute Gasteiger partial charge is 0.319 e. The van der Waals surface area contributed by atoms with Crippen LogP contribution in [0.4, 0.5) is 18.6 Å². The van der Waals surface area contributed by atoms with Gasteiger partial charge in [-0.3, -0.25) is 10.1 Å². The molecule has 12 heteroatoms. The van der Waals surface area contributed by atoms with Crippen LogP contribution < -0.4 is 25.8 Å². The number of hydrogen-bond donors (Lipinski definition) is 3. The van der Waals surface area contributed by atoms with Gasteiger partial charge in [-0.15, -0.1) is 0 Å². The van der Waals surface area contributed by atoms with Gasteiger partial charge < -0.3 is 25.4 Å². The van der Waals surface area contributed by atoms with Gasteiger partial charge in [0.2, 0.25) is 5.88 Å². The highest BCUT2D eigenvalue weighted by Gasteiger charge is 2.24. The zero-order chi connectivity index (χ0) is 24.0. The third kappa shape index (κ3) is 6.29. The van der Waals surface area contributed by atoms with E-state index >= 15 is 0 Å². The van der Waals surface area contributed by atoms with Crippen molar-refractivity contribution in [3.05, 3.63) is 34.9 Å². The molecule has 0 atom stereocenters. The van der Waals surface area contributed by atoms with Gasteiger partial charge in [-0.05, 0) is 69.0 Å². The number of primary amides is 1. The molecule has 1 aromatic carbocycles. The van der Waals surface area contributed by atoms with E-state index in [1.54, 1.807) is 0 Å². The second-order valence-electron chi connectivity index (χ2n) is 7.80. The molecule has 1 fully saturated rings. The minimum absolute atomic E-state index is 0.0841. The lowest BCUT2D eigenvalue weighted by Gasteiger charge is -2.28. The van der Waals surface area contributed by atoms with Crippen molar-refractivity contribution in [1.82, 2.24) is 14.6 Å². The molecule has 0 saturated carbocycles. The average molecular weight is 484 g/mol. The lowest BCUT2D eigenvalue weighted by atomic mass is 9.94. The van der Waals surface area contributed by atoms with Crippen LogP contribution in [-0.4, -0.2) is 55.0 Å². The molecule has 1 saturated heterocycles. The van der Waals surface area contributed by atoms with Crippen LogP contribution in [0.3, 0.4) is 0 Å². The molecule has 3 rings (SSSR count). The van der Waals surface area contributed by atoms with Crippen LogP contribution in [0.5, 0.6) is 11.6 Å². The molecular weight excluding hydrogens is 456 g/mol. The number of piperidine rings is 1. The lowest BCUT2D eigenvalue weighted by molar-refractivity contribution is 0.0996. The number of ether oxygens (including phenoxy) is 2. The van der Waals surface area contributed by atoms with Gasteiger partial charge in [0.25, 0.3) is 5.91 Å². The SMILES string of the molecule is COc1ccc(F)c(COc2nsc(NC(=O)NCCC3CCN(C)CC3)c2C(N)=O)c1F. The van der Waals surface area contributed by atoms with Crippen molar-refractivity contribution in [3.8, 4) is 11.6 Å². The highest BCUT2D eigenvalue weighted by Crippen LogP contribution is 2.32. The van der Waals surface area contributed by atoms with Gasteiger partial charge in [0, 0.05) is 6.54 Å². The Bertz CT molecular complexity index is 995. The van der Waals surface area contributed by atoms with Crippen molar-refractivity contribution >= 4 is 28.5 Å². The molecule has 9 nitrogen and oxygen atoms in total.